The van der Waals surface area contributed by atoms with Gasteiger partial charge in [-0.2, -0.15) is 0 Å². The molecule has 0 saturated carbocycles. The SMILES string of the molecule is Cc1nc(Nc2ccc(NS(=O)(=O)c3cccs3)cc2)cc(Nc2ccccn2)n1. The smallest absolute Gasteiger partial charge is 0.271 e. The summed E-state index contributed by atoms with van der Waals surface area (Å²) in [7, 11) is -3.57. The third-order valence-corrected chi connectivity index (χ3v) is 6.71. The van der Waals surface area contributed by atoms with Crippen LogP contribution in [0.2, 0.25) is 0 Å². The standard InChI is InChI=1S/C20H18N6O2S2/c1-14-22-18(13-19(23-14)25-17-5-2-3-11-21-17)24-15-7-9-16(10-8-15)26-30(27,28)20-6-4-12-29-20/h2-13,26H,1H3,(H2,21,22,23,24,25). The molecule has 152 valence electrons. The number of sulfonamides is 1. The quantitative estimate of drug-likeness (QED) is 0.389. The number of thiophene rings is 1. The van der Waals surface area contributed by atoms with Gasteiger partial charge in [0.05, 0.1) is 0 Å². The van der Waals surface area contributed by atoms with Gasteiger partial charge in [-0.15, -0.1) is 11.3 Å². The summed E-state index contributed by atoms with van der Waals surface area (Å²) >= 11 is 1.17. The van der Waals surface area contributed by atoms with Crippen LogP contribution in [0.25, 0.3) is 0 Å². The number of rotatable bonds is 7. The minimum Gasteiger partial charge on any atom is -0.340 e. The molecule has 0 radical (unpaired) electrons. The Kier molecular flexibility index (Phi) is 5.59. The Balaban J connectivity index is 1.47. The molecule has 0 atom stereocenters. The van der Waals surface area contributed by atoms with E-state index in [0.717, 1.165) is 5.69 Å². The molecular weight excluding hydrogens is 420 g/mol. The summed E-state index contributed by atoms with van der Waals surface area (Å²) in [5.74, 6) is 2.50. The van der Waals surface area contributed by atoms with Crippen molar-refractivity contribution in [3.63, 3.8) is 0 Å². The Bertz CT molecular complexity index is 1230. The zero-order valence-corrected chi connectivity index (χ0v) is 17.5. The predicted octanol–water partition coefficient (Wildman–Crippen LogP) is 4.53. The van der Waals surface area contributed by atoms with E-state index in [1.807, 2.05) is 18.2 Å². The lowest BCUT2D eigenvalue weighted by Gasteiger charge is -2.11. The molecule has 4 rings (SSSR count). The van der Waals surface area contributed by atoms with Crippen LogP contribution in [0.1, 0.15) is 5.82 Å². The van der Waals surface area contributed by atoms with E-state index in [0.29, 0.717) is 29.0 Å². The van der Waals surface area contributed by atoms with E-state index < -0.39 is 10.0 Å². The Hall–Kier alpha value is -3.50. The van der Waals surface area contributed by atoms with Crippen LogP contribution in [0.3, 0.4) is 0 Å². The summed E-state index contributed by atoms with van der Waals surface area (Å²) in [5, 5.41) is 8.07. The van der Waals surface area contributed by atoms with Crippen LogP contribution in [0, 0.1) is 6.92 Å². The second-order valence-electron chi connectivity index (χ2n) is 6.27. The number of hydrogen-bond donors (Lipinski definition) is 3. The maximum atomic E-state index is 12.3. The number of anilines is 5. The summed E-state index contributed by atoms with van der Waals surface area (Å²) in [6, 6.07) is 17.5. The third kappa shape index (κ3) is 4.91. The summed E-state index contributed by atoms with van der Waals surface area (Å²) < 4.78 is 27.5. The van der Waals surface area contributed by atoms with Gasteiger partial charge in [-0.25, -0.2) is 23.4 Å². The molecule has 0 aliphatic rings. The van der Waals surface area contributed by atoms with Crippen molar-refractivity contribution in [2.24, 2.45) is 0 Å². The first-order valence-corrected chi connectivity index (χ1v) is 11.3. The highest BCUT2D eigenvalue weighted by Crippen LogP contribution is 2.23. The lowest BCUT2D eigenvalue weighted by Crippen LogP contribution is -2.11. The Morgan fingerprint density at radius 3 is 2.23 bits per heavy atom. The van der Waals surface area contributed by atoms with E-state index in [1.54, 1.807) is 61.0 Å². The van der Waals surface area contributed by atoms with E-state index in [2.05, 4.69) is 30.3 Å². The second kappa shape index (κ2) is 8.47. The van der Waals surface area contributed by atoms with Crippen LogP contribution in [-0.4, -0.2) is 23.4 Å². The highest BCUT2D eigenvalue weighted by atomic mass is 32.2. The first-order valence-electron chi connectivity index (χ1n) is 8.95. The van der Waals surface area contributed by atoms with E-state index in [-0.39, 0.29) is 4.21 Å². The first kappa shape index (κ1) is 19.8. The van der Waals surface area contributed by atoms with Crippen LogP contribution >= 0.6 is 11.3 Å². The van der Waals surface area contributed by atoms with Gasteiger partial charge in [-0.1, -0.05) is 12.1 Å². The molecule has 0 aliphatic heterocycles. The topological polar surface area (TPSA) is 109 Å². The van der Waals surface area contributed by atoms with Crippen molar-refractivity contribution >= 4 is 50.2 Å². The highest BCUT2D eigenvalue weighted by Gasteiger charge is 2.15. The minimum absolute atomic E-state index is 0.272. The van der Waals surface area contributed by atoms with Gasteiger partial charge in [0, 0.05) is 23.6 Å². The normalized spacial score (nSPS) is 11.1. The fourth-order valence-electron chi connectivity index (χ4n) is 2.66. The van der Waals surface area contributed by atoms with Gasteiger partial charge in [0.1, 0.15) is 27.5 Å². The van der Waals surface area contributed by atoms with E-state index in [4.69, 9.17) is 0 Å². The van der Waals surface area contributed by atoms with Crippen LogP contribution in [-0.2, 0) is 10.0 Å². The van der Waals surface area contributed by atoms with Crippen molar-refractivity contribution in [1.82, 2.24) is 15.0 Å². The van der Waals surface area contributed by atoms with Gasteiger partial charge in [0.2, 0.25) is 0 Å². The van der Waals surface area contributed by atoms with Gasteiger partial charge in [-0.05, 0) is 54.8 Å². The maximum absolute atomic E-state index is 12.3. The van der Waals surface area contributed by atoms with Crippen molar-refractivity contribution in [2.75, 3.05) is 15.4 Å². The summed E-state index contributed by atoms with van der Waals surface area (Å²) in [6.07, 6.45) is 1.70. The summed E-state index contributed by atoms with van der Waals surface area (Å²) in [6.45, 7) is 1.80. The van der Waals surface area contributed by atoms with Gasteiger partial charge >= 0.3 is 0 Å². The number of benzene rings is 1. The summed E-state index contributed by atoms with van der Waals surface area (Å²) in [4.78, 5) is 13.0. The minimum atomic E-state index is -3.57. The van der Waals surface area contributed by atoms with Crippen molar-refractivity contribution < 1.29 is 8.42 Å². The Labute approximate surface area is 178 Å². The molecule has 8 nitrogen and oxygen atoms in total. The van der Waals surface area contributed by atoms with Gasteiger partial charge < -0.3 is 10.6 Å². The molecular formula is C20H18N6O2S2. The molecule has 0 amide bonds. The van der Waals surface area contributed by atoms with Crippen molar-refractivity contribution in [2.45, 2.75) is 11.1 Å². The first-order chi connectivity index (χ1) is 14.5. The Morgan fingerprint density at radius 1 is 0.833 bits per heavy atom. The average molecular weight is 439 g/mol. The van der Waals surface area contributed by atoms with Crippen LogP contribution < -0.4 is 15.4 Å². The largest absolute Gasteiger partial charge is 0.340 e. The van der Waals surface area contributed by atoms with Crippen LogP contribution in [0.4, 0.5) is 28.8 Å². The molecule has 3 heterocycles. The molecule has 0 spiro atoms. The molecule has 0 bridgehead atoms. The van der Waals surface area contributed by atoms with E-state index >= 15 is 0 Å². The molecule has 30 heavy (non-hydrogen) atoms. The van der Waals surface area contributed by atoms with Crippen molar-refractivity contribution in [3.8, 4) is 0 Å². The molecule has 4 aromatic rings. The number of nitrogens with zero attached hydrogens (tertiary/aromatic N) is 3. The molecule has 3 N–H and O–H groups in total. The third-order valence-electron chi connectivity index (χ3n) is 3.93. The lowest BCUT2D eigenvalue weighted by atomic mass is 10.3. The molecule has 0 saturated heterocycles. The maximum Gasteiger partial charge on any atom is 0.271 e. The molecule has 1 aromatic carbocycles. The average Bonchev–Trinajstić information content (AvgIpc) is 3.26. The van der Waals surface area contributed by atoms with Gasteiger partial charge in [-0.3, -0.25) is 4.72 Å². The lowest BCUT2D eigenvalue weighted by molar-refractivity contribution is 0.603. The van der Waals surface area contributed by atoms with Crippen molar-refractivity contribution in [1.29, 1.82) is 0 Å². The fourth-order valence-corrected chi connectivity index (χ4v) is 4.71. The molecule has 10 heteroatoms. The summed E-state index contributed by atoms with van der Waals surface area (Å²) in [5.41, 5.74) is 1.24. The second-order valence-corrected chi connectivity index (χ2v) is 9.12. The van der Waals surface area contributed by atoms with E-state index in [1.165, 1.54) is 11.3 Å². The highest BCUT2D eigenvalue weighted by molar-refractivity contribution is 7.94. The Morgan fingerprint density at radius 2 is 1.57 bits per heavy atom. The monoisotopic (exact) mass is 438 g/mol. The van der Waals surface area contributed by atoms with Crippen LogP contribution in [0.5, 0.6) is 0 Å². The number of nitrogens with one attached hydrogen (secondary N) is 3. The predicted molar refractivity (Wildman–Crippen MR) is 119 cm³/mol. The number of pyridine rings is 1. The number of aromatic nitrogens is 3. The van der Waals surface area contributed by atoms with Crippen molar-refractivity contribution in [3.05, 3.63) is 78.1 Å². The van der Waals surface area contributed by atoms with E-state index in [9.17, 15) is 8.42 Å². The fraction of sp³-hybridized carbons (Fsp3) is 0.0500. The molecule has 3 aromatic heterocycles. The zero-order valence-electron chi connectivity index (χ0n) is 15.9. The molecule has 0 unspecified atom stereocenters. The molecule has 0 aliphatic carbocycles. The zero-order chi connectivity index (χ0) is 21.0. The molecule has 0 fully saturated rings. The van der Waals surface area contributed by atoms with Crippen LogP contribution in [0.15, 0.2) is 76.4 Å². The van der Waals surface area contributed by atoms with Gasteiger partial charge in [0.25, 0.3) is 10.0 Å². The number of hydrogen-bond acceptors (Lipinski definition) is 8. The number of aryl methyl sites for hydroxylation is 1. The van der Waals surface area contributed by atoms with Gasteiger partial charge in [0.15, 0.2) is 0 Å².